The normalized spacial score (nSPS) is 19.2. The summed E-state index contributed by atoms with van der Waals surface area (Å²) in [5.74, 6) is 0.191. The Kier molecular flexibility index (Phi) is 4.41. The number of carbonyl (C=O) groups excluding carboxylic acids is 1. The van der Waals surface area contributed by atoms with Crippen LogP contribution in [-0.4, -0.2) is 21.8 Å². The lowest BCUT2D eigenvalue weighted by Crippen LogP contribution is -2.40. The zero-order valence-corrected chi connectivity index (χ0v) is 17.6. The lowest BCUT2D eigenvalue weighted by atomic mass is 9.89. The first-order valence-electron chi connectivity index (χ1n) is 11.4. The average molecular weight is 407 g/mol. The van der Waals surface area contributed by atoms with E-state index in [4.69, 9.17) is 0 Å². The van der Waals surface area contributed by atoms with Gasteiger partial charge in [0.1, 0.15) is 0 Å². The maximum absolute atomic E-state index is 13.7. The van der Waals surface area contributed by atoms with Crippen molar-refractivity contribution in [1.29, 1.82) is 0 Å². The van der Waals surface area contributed by atoms with E-state index in [0.29, 0.717) is 6.04 Å². The number of fused-ring (bicyclic) bond motifs is 2. The number of aromatic amines is 1. The van der Waals surface area contributed by atoms with E-state index in [0.717, 1.165) is 40.7 Å². The Morgan fingerprint density at radius 3 is 2.32 bits per heavy atom. The van der Waals surface area contributed by atoms with Crippen molar-refractivity contribution in [2.75, 3.05) is 0 Å². The Hall–Kier alpha value is -3.33. The Bertz CT molecular complexity index is 1250. The highest BCUT2D eigenvalue weighted by Gasteiger charge is 2.43. The van der Waals surface area contributed by atoms with Gasteiger partial charge in [0.25, 0.3) is 5.91 Å². The molecule has 1 aliphatic carbocycles. The fraction of sp³-hybridized carbons (Fsp3) is 0.250. The van der Waals surface area contributed by atoms with Crippen molar-refractivity contribution in [3.05, 3.63) is 95.6 Å². The SMILES string of the molecule is O=C1c2ccccc2C(c2c(-c3ccccc3)[nH]c3ccccc23)N1C1CCCCC1. The molecule has 1 aliphatic heterocycles. The highest BCUT2D eigenvalue weighted by molar-refractivity contribution is 6.02. The van der Waals surface area contributed by atoms with E-state index >= 15 is 0 Å². The molecule has 2 heterocycles. The highest BCUT2D eigenvalue weighted by Crippen LogP contribution is 2.47. The van der Waals surface area contributed by atoms with Crippen LogP contribution in [0.2, 0.25) is 0 Å². The summed E-state index contributed by atoms with van der Waals surface area (Å²) in [6.07, 6.45) is 5.88. The lowest BCUT2D eigenvalue weighted by Gasteiger charge is -2.36. The van der Waals surface area contributed by atoms with Gasteiger partial charge in [-0.25, -0.2) is 0 Å². The van der Waals surface area contributed by atoms with Crippen LogP contribution in [0, 0.1) is 0 Å². The molecule has 1 unspecified atom stereocenters. The summed E-state index contributed by atoms with van der Waals surface area (Å²) in [6.45, 7) is 0. The van der Waals surface area contributed by atoms with Crippen LogP contribution in [0.15, 0.2) is 78.9 Å². The molecule has 0 saturated heterocycles. The number of aromatic nitrogens is 1. The van der Waals surface area contributed by atoms with Crippen molar-refractivity contribution in [2.45, 2.75) is 44.2 Å². The summed E-state index contributed by atoms with van der Waals surface area (Å²) in [4.78, 5) is 19.6. The fourth-order valence-electron chi connectivity index (χ4n) is 5.65. The van der Waals surface area contributed by atoms with Gasteiger partial charge < -0.3 is 9.88 Å². The van der Waals surface area contributed by atoms with Crippen LogP contribution < -0.4 is 0 Å². The van der Waals surface area contributed by atoms with Crippen LogP contribution in [0.4, 0.5) is 0 Å². The number of H-pyrrole nitrogens is 1. The summed E-state index contributed by atoms with van der Waals surface area (Å²) >= 11 is 0. The number of nitrogens with one attached hydrogen (secondary N) is 1. The van der Waals surface area contributed by atoms with Gasteiger partial charge >= 0.3 is 0 Å². The molecule has 3 heteroatoms. The molecule has 3 aromatic carbocycles. The number of hydrogen-bond acceptors (Lipinski definition) is 1. The monoisotopic (exact) mass is 406 g/mol. The summed E-state index contributed by atoms with van der Waals surface area (Å²) in [7, 11) is 0. The standard InChI is InChI=1S/C28H26N2O/c31-28-22-16-8-7-15-21(22)27(30(28)20-13-5-2-6-14-20)25-23-17-9-10-18-24(23)29-26(25)19-11-3-1-4-12-19/h1,3-4,7-12,15-18,20,27,29H,2,5-6,13-14H2. The third-order valence-corrected chi connectivity index (χ3v) is 7.05. The number of hydrogen-bond donors (Lipinski definition) is 1. The maximum Gasteiger partial charge on any atom is 0.255 e. The molecule has 1 saturated carbocycles. The van der Waals surface area contributed by atoms with Gasteiger partial charge in [-0.1, -0.05) is 86.0 Å². The van der Waals surface area contributed by atoms with Gasteiger partial charge in [-0.05, 0) is 36.1 Å². The largest absolute Gasteiger partial charge is 0.354 e. The third kappa shape index (κ3) is 2.91. The second-order valence-electron chi connectivity index (χ2n) is 8.82. The van der Waals surface area contributed by atoms with Crippen LogP contribution in [0.1, 0.15) is 59.6 Å². The van der Waals surface area contributed by atoms with E-state index in [1.165, 1.54) is 30.2 Å². The zero-order chi connectivity index (χ0) is 20.8. The van der Waals surface area contributed by atoms with Gasteiger partial charge in [-0.2, -0.15) is 0 Å². The molecular weight excluding hydrogens is 380 g/mol. The Labute approximate surface area is 182 Å². The topological polar surface area (TPSA) is 36.1 Å². The van der Waals surface area contributed by atoms with Gasteiger partial charge in [-0.3, -0.25) is 4.79 Å². The van der Waals surface area contributed by atoms with Gasteiger partial charge in [0.2, 0.25) is 0 Å². The van der Waals surface area contributed by atoms with Crippen molar-refractivity contribution in [3.8, 4) is 11.3 Å². The number of nitrogens with zero attached hydrogens (tertiary/aromatic N) is 1. The minimum atomic E-state index is -0.0573. The Morgan fingerprint density at radius 1 is 0.774 bits per heavy atom. The molecule has 0 bridgehead atoms. The molecule has 1 amide bonds. The van der Waals surface area contributed by atoms with Crippen LogP contribution in [0.5, 0.6) is 0 Å². The number of carbonyl (C=O) groups is 1. The summed E-state index contributed by atoms with van der Waals surface area (Å²) < 4.78 is 0. The molecule has 0 spiro atoms. The van der Waals surface area contributed by atoms with Gasteiger partial charge in [0.15, 0.2) is 0 Å². The van der Waals surface area contributed by atoms with E-state index in [2.05, 4.69) is 76.6 Å². The Morgan fingerprint density at radius 2 is 1.48 bits per heavy atom. The Balaban J connectivity index is 1.62. The van der Waals surface area contributed by atoms with Crippen molar-refractivity contribution >= 4 is 16.8 Å². The number of amides is 1. The van der Waals surface area contributed by atoms with Crippen molar-refractivity contribution in [2.24, 2.45) is 0 Å². The molecule has 1 atom stereocenters. The van der Waals surface area contributed by atoms with Gasteiger partial charge in [0.05, 0.1) is 11.7 Å². The summed E-state index contributed by atoms with van der Waals surface area (Å²) in [5, 5.41) is 1.21. The second kappa shape index (κ2) is 7.42. The van der Waals surface area contributed by atoms with Crippen molar-refractivity contribution in [3.63, 3.8) is 0 Å². The molecule has 3 nitrogen and oxygen atoms in total. The first-order valence-corrected chi connectivity index (χ1v) is 11.4. The first kappa shape index (κ1) is 18.4. The zero-order valence-electron chi connectivity index (χ0n) is 17.6. The van der Waals surface area contributed by atoms with E-state index in [9.17, 15) is 4.79 Å². The molecule has 31 heavy (non-hydrogen) atoms. The van der Waals surface area contributed by atoms with E-state index < -0.39 is 0 Å². The molecule has 6 rings (SSSR count). The maximum atomic E-state index is 13.7. The van der Waals surface area contributed by atoms with Gasteiger partial charge in [0, 0.05) is 28.1 Å². The molecule has 1 N–H and O–H groups in total. The molecule has 154 valence electrons. The molecular formula is C28H26N2O. The lowest BCUT2D eigenvalue weighted by molar-refractivity contribution is 0.0614. The van der Waals surface area contributed by atoms with Gasteiger partial charge in [-0.15, -0.1) is 0 Å². The summed E-state index contributed by atoms with van der Waals surface area (Å²) in [6, 6.07) is 27.5. The highest BCUT2D eigenvalue weighted by atomic mass is 16.2. The minimum Gasteiger partial charge on any atom is -0.354 e. The van der Waals surface area contributed by atoms with E-state index in [-0.39, 0.29) is 11.9 Å². The average Bonchev–Trinajstić information content (AvgIpc) is 3.35. The molecule has 4 aromatic rings. The quantitative estimate of drug-likeness (QED) is 0.403. The van der Waals surface area contributed by atoms with E-state index in [1.54, 1.807) is 0 Å². The van der Waals surface area contributed by atoms with E-state index in [1.807, 2.05) is 12.1 Å². The number of para-hydroxylation sites is 1. The van der Waals surface area contributed by atoms with Crippen molar-refractivity contribution < 1.29 is 4.79 Å². The molecule has 1 aromatic heterocycles. The van der Waals surface area contributed by atoms with Crippen LogP contribution in [-0.2, 0) is 0 Å². The number of rotatable bonds is 3. The predicted molar refractivity (Wildman–Crippen MR) is 125 cm³/mol. The smallest absolute Gasteiger partial charge is 0.255 e. The predicted octanol–water partition coefficient (Wildman–Crippen LogP) is 6.71. The second-order valence-corrected chi connectivity index (χ2v) is 8.82. The van der Waals surface area contributed by atoms with Crippen LogP contribution in [0.3, 0.4) is 0 Å². The minimum absolute atomic E-state index is 0.0573. The molecule has 0 radical (unpaired) electrons. The fourth-order valence-corrected chi connectivity index (χ4v) is 5.65. The summed E-state index contributed by atoms with van der Waals surface area (Å²) in [5.41, 5.74) is 6.64. The molecule has 2 aliphatic rings. The van der Waals surface area contributed by atoms with Crippen molar-refractivity contribution in [1.82, 2.24) is 9.88 Å². The first-order chi connectivity index (χ1) is 15.3. The molecule has 1 fully saturated rings. The number of benzene rings is 3. The third-order valence-electron chi connectivity index (χ3n) is 7.05. The van der Waals surface area contributed by atoms with Crippen LogP contribution in [0.25, 0.3) is 22.2 Å². The van der Waals surface area contributed by atoms with Crippen LogP contribution >= 0.6 is 0 Å².